The van der Waals surface area contributed by atoms with Crippen molar-refractivity contribution in [3.63, 3.8) is 0 Å². The standard InChI is InChI=1S/C12H13N3O2/c1-9-2-3-10(4-5-12(16)17)6-11(9)15-8-13-7-14-15/h2-3,6-8H,4-5H2,1H3,(H,16,17). The number of benzene rings is 1. The van der Waals surface area contributed by atoms with Crippen molar-refractivity contribution in [1.82, 2.24) is 14.8 Å². The minimum atomic E-state index is -0.784. The van der Waals surface area contributed by atoms with E-state index in [0.29, 0.717) is 6.42 Å². The van der Waals surface area contributed by atoms with Crippen LogP contribution in [-0.4, -0.2) is 25.8 Å². The topological polar surface area (TPSA) is 68.0 Å². The molecule has 0 aliphatic carbocycles. The van der Waals surface area contributed by atoms with Gasteiger partial charge in [0.1, 0.15) is 12.7 Å². The first kappa shape index (κ1) is 11.3. The average molecular weight is 231 g/mol. The normalized spacial score (nSPS) is 10.4. The summed E-state index contributed by atoms with van der Waals surface area (Å²) in [7, 11) is 0. The third-order valence-corrected chi connectivity index (χ3v) is 2.57. The summed E-state index contributed by atoms with van der Waals surface area (Å²) >= 11 is 0. The molecule has 0 bridgehead atoms. The minimum Gasteiger partial charge on any atom is -0.481 e. The van der Waals surface area contributed by atoms with Crippen molar-refractivity contribution in [2.75, 3.05) is 0 Å². The first-order valence-electron chi connectivity index (χ1n) is 5.33. The van der Waals surface area contributed by atoms with Crippen molar-refractivity contribution < 1.29 is 9.90 Å². The highest BCUT2D eigenvalue weighted by molar-refractivity contribution is 5.67. The second-order valence-electron chi connectivity index (χ2n) is 3.85. The molecule has 0 aliphatic rings. The van der Waals surface area contributed by atoms with E-state index in [1.165, 1.54) is 6.33 Å². The summed E-state index contributed by atoms with van der Waals surface area (Å²) in [5.74, 6) is -0.784. The Labute approximate surface area is 98.7 Å². The number of hydrogen-bond donors (Lipinski definition) is 1. The van der Waals surface area contributed by atoms with Gasteiger partial charge >= 0.3 is 5.97 Å². The Morgan fingerprint density at radius 2 is 2.29 bits per heavy atom. The highest BCUT2D eigenvalue weighted by Crippen LogP contribution is 2.16. The van der Waals surface area contributed by atoms with Gasteiger partial charge in [-0.25, -0.2) is 9.67 Å². The highest BCUT2D eigenvalue weighted by atomic mass is 16.4. The predicted molar refractivity (Wildman–Crippen MR) is 62.1 cm³/mol. The Bertz CT molecular complexity index is 521. The Balaban J connectivity index is 2.27. The molecule has 0 amide bonds. The van der Waals surface area contributed by atoms with Crippen LogP contribution in [-0.2, 0) is 11.2 Å². The fourth-order valence-corrected chi connectivity index (χ4v) is 1.64. The van der Waals surface area contributed by atoms with E-state index in [0.717, 1.165) is 16.8 Å². The molecule has 1 aromatic heterocycles. The number of carboxylic acids is 1. The van der Waals surface area contributed by atoms with E-state index in [4.69, 9.17) is 5.11 Å². The molecule has 88 valence electrons. The predicted octanol–water partition coefficient (Wildman–Crippen LogP) is 1.59. The van der Waals surface area contributed by atoms with Crippen molar-refractivity contribution >= 4 is 5.97 Å². The molecule has 5 heteroatoms. The molecule has 1 aromatic carbocycles. The number of hydrogen-bond acceptors (Lipinski definition) is 3. The zero-order chi connectivity index (χ0) is 12.3. The van der Waals surface area contributed by atoms with Gasteiger partial charge in [-0.3, -0.25) is 4.79 Å². The Hall–Kier alpha value is -2.17. The summed E-state index contributed by atoms with van der Waals surface area (Å²) < 4.78 is 1.68. The number of aromatic nitrogens is 3. The lowest BCUT2D eigenvalue weighted by Gasteiger charge is -2.07. The van der Waals surface area contributed by atoms with Gasteiger partial charge in [0, 0.05) is 6.42 Å². The quantitative estimate of drug-likeness (QED) is 0.867. The molecule has 0 unspecified atom stereocenters. The van der Waals surface area contributed by atoms with Gasteiger partial charge in [-0.15, -0.1) is 0 Å². The summed E-state index contributed by atoms with van der Waals surface area (Å²) in [5, 5.41) is 12.7. The molecule has 0 radical (unpaired) electrons. The lowest BCUT2D eigenvalue weighted by atomic mass is 10.1. The molecule has 2 rings (SSSR count). The van der Waals surface area contributed by atoms with Crippen LogP contribution in [0.15, 0.2) is 30.9 Å². The second-order valence-corrected chi connectivity index (χ2v) is 3.85. The number of carboxylic acid groups (broad SMARTS) is 1. The molecular weight excluding hydrogens is 218 g/mol. The van der Waals surface area contributed by atoms with Gasteiger partial charge in [0.05, 0.1) is 5.69 Å². The zero-order valence-corrected chi connectivity index (χ0v) is 9.50. The van der Waals surface area contributed by atoms with Gasteiger partial charge < -0.3 is 5.11 Å². The van der Waals surface area contributed by atoms with Gasteiger partial charge in [0.2, 0.25) is 0 Å². The molecule has 0 aliphatic heterocycles. The van der Waals surface area contributed by atoms with E-state index in [1.54, 1.807) is 11.0 Å². The number of carbonyl (C=O) groups is 1. The molecule has 17 heavy (non-hydrogen) atoms. The minimum absolute atomic E-state index is 0.139. The average Bonchev–Trinajstić information content (AvgIpc) is 2.81. The fraction of sp³-hybridized carbons (Fsp3) is 0.250. The van der Waals surface area contributed by atoms with Crippen molar-refractivity contribution in [1.29, 1.82) is 0 Å². The smallest absolute Gasteiger partial charge is 0.303 e. The van der Waals surface area contributed by atoms with E-state index < -0.39 is 5.97 Å². The first-order chi connectivity index (χ1) is 8.16. The zero-order valence-electron chi connectivity index (χ0n) is 9.50. The van der Waals surface area contributed by atoms with Crippen LogP contribution in [0, 0.1) is 6.92 Å². The number of aliphatic carboxylic acids is 1. The molecule has 1 heterocycles. The maximum absolute atomic E-state index is 10.5. The molecule has 0 spiro atoms. The second kappa shape index (κ2) is 4.78. The van der Waals surface area contributed by atoms with Crippen LogP contribution < -0.4 is 0 Å². The summed E-state index contributed by atoms with van der Waals surface area (Å²) in [6, 6.07) is 5.86. The van der Waals surface area contributed by atoms with Crippen molar-refractivity contribution in [3.8, 4) is 5.69 Å². The fourth-order valence-electron chi connectivity index (χ4n) is 1.64. The van der Waals surface area contributed by atoms with E-state index in [-0.39, 0.29) is 6.42 Å². The molecule has 0 saturated heterocycles. The van der Waals surface area contributed by atoms with Crippen molar-refractivity contribution in [2.24, 2.45) is 0 Å². The lowest BCUT2D eigenvalue weighted by molar-refractivity contribution is -0.136. The lowest BCUT2D eigenvalue weighted by Crippen LogP contribution is -2.01. The molecule has 0 fully saturated rings. The van der Waals surface area contributed by atoms with Crippen LogP contribution in [0.4, 0.5) is 0 Å². The maximum atomic E-state index is 10.5. The molecular formula is C12H13N3O2. The van der Waals surface area contributed by atoms with Crippen LogP contribution in [0.25, 0.3) is 5.69 Å². The largest absolute Gasteiger partial charge is 0.481 e. The highest BCUT2D eigenvalue weighted by Gasteiger charge is 2.05. The number of rotatable bonds is 4. The SMILES string of the molecule is Cc1ccc(CCC(=O)O)cc1-n1cncn1. The van der Waals surface area contributed by atoms with E-state index >= 15 is 0 Å². The van der Waals surface area contributed by atoms with E-state index in [2.05, 4.69) is 10.1 Å². The van der Waals surface area contributed by atoms with E-state index in [9.17, 15) is 4.79 Å². The number of nitrogens with zero attached hydrogens (tertiary/aromatic N) is 3. The van der Waals surface area contributed by atoms with Crippen LogP contribution in [0.1, 0.15) is 17.5 Å². The van der Waals surface area contributed by atoms with Crippen LogP contribution in [0.5, 0.6) is 0 Å². The Kier molecular flexibility index (Phi) is 3.18. The van der Waals surface area contributed by atoms with Gasteiger partial charge in [-0.2, -0.15) is 5.10 Å². The van der Waals surface area contributed by atoms with Crippen molar-refractivity contribution in [3.05, 3.63) is 42.0 Å². The van der Waals surface area contributed by atoms with Gasteiger partial charge in [-0.05, 0) is 30.5 Å². The third kappa shape index (κ3) is 2.69. The van der Waals surface area contributed by atoms with Gasteiger partial charge in [0.15, 0.2) is 0 Å². The van der Waals surface area contributed by atoms with Gasteiger partial charge in [-0.1, -0.05) is 12.1 Å². The molecule has 0 saturated carbocycles. The van der Waals surface area contributed by atoms with Crippen molar-refractivity contribution in [2.45, 2.75) is 19.8 Å². The molecule has 5 nitrogen and oxygen atoms in total. The van der Waals surface area contributed by atoms with Gasteiger partial charge in [0.25, 0.3) is 0 Å². The Morgan fingerprint density at radius 3 is 2.94 bits per heavy atom. The molecule has 2 aromatic rings. The summed E-state index contributed by atoms with van der Waals surface area (Å²) in [6.07, 6.45) is 3.77. The van der Waals surface area contributed by atoms with Crippen LogP contribution in [0.3, 0.4) is 0 Å². The first-order valence-corrected chi connectivity index (χ1v) is 5.33. The van der Waals surface area contributed by atoms with E-state index in [1.807, 2.05) is 25.1 Å². The number of aryl methyl sites for hydroxylation is 2. The van der Waals surface area contributed by atoms with Crippen LogP contribution in [0.2, 0.25) is 0 Å². The molecule has 1 N–H and O–H groups in total. The summed E-state index contributed by atoms with van der Waals surface area (Å²) in [6.45, 7) is 1.98. The third-order valence-electron chi connectivity index (χ3n) is 2.57. The molecule has 0 atom stereocenters. The monoisotopic (exact) mass is 231 g/mol. The maximum Gasteiger partial charge on any atom is 0.303 e. The van der Waals surface area contributed by atoms with Crippen LogP contribution >= 0.6 is 0 Å². The summed E-state index contributed by atoms with van der Waals surface area (Å²) in [4.78, 5) is 14.4. The Morgan fingerprint density at radius 1 is 1.47 bits per heavy atom. The summed E-state index contributed by atoms with van der Waals surface area (Å²) in [5.41, 5.74) is 3.00.